The Morgan fingerprint density at radius 2 is 1.86 bits per heavy atom. The summed E-state index contributed by atoms with van der Waals surface area (Å²) in [6.45, 7) is -0.389. The van der Waals surface area contributed by atoms with Crippen LogP contribution in [0.15, 0.2) is 0 Å². The molecule has 0 saturated carbocycles. The number of carbonyl (C=O) groups excluding carboxylic acids is 1. The molecular weight excluding hydrogens is 150 g/mol. The van der Waals surface area contributed by atoms with Crippen molar-refractivity contribution in [1.29, 1.82) is 0 Å². The van der Waals surface area contributed by atoms with Gasteiger partial charge in [-0.05, 0) is 0 Å². The molecule has 5 heteroatoms. The molecular formula is C2H6CuNO3. The molecule has 0 unspecified atom stereocenters. The zero-order chi connectivity index (χ0) is 4.28. The van der Waals surface area contributed by atoms with Crippen LogP contribution in [0.3, 0.4) is 0 Å². The van der Waals surface area contributed by atoms with Crippen molar-refractivity contribution in [3.8, 4) is 0 Å². The molecule has 0 aromatic heterocycles. The molecule has 0 bridgehead atoms. The van der Waals surface area contributed by atoms with Gasteiger partial charge >= 0.3 is 17.1 Å². The van der Waals surface area contributed by atoms with Crippen molar-refractivity contribution in [3.05, 3.63) is 0 Å². The van der Waals surface area contributed by atoms with Crippen LogP contribution >= 0.6 is 0 Å². The van der Waals surface area contributed by atoms with Crippen LogP contribution in [0.5, 0.6) is 0 Å². The number of carboxylic acids is 1. The molecule has 0 saturated heterocycles. The zero-order valence-electron chi connectivity index (χ0n) is 3.40. The topological polar surface area (TPSA) is 97.7 Å². The SMILES string of the molecule is NCC(=O)[O-].O.[Cu+]. The summed E-state index contributed by atoms with van der Waals surface area (Å²) in [6.07, 6.45) is 0. The predicted molar refractivity (Wildman–Crippen MR) is 17.7 cm³/mol. The second-order valence-corrected chi connectivity index (χ2v) is 0.576. The summed E-state index contributed by atoms with van der Waals surface area (Å²) in [7, 11) is 0. The summed E-state index contributed by atoms with van der Waals surface area (Å²) >= 11 is 0. The molecule has 0 aliphatic heterocycles. The second-order valence-electron chi connectivity index (χ2n) is 0.576. The van der Waals surface area contributed by atoms with E-state index < -0.39 is 5.97 Å². The monoisotopic (exact) mass is 155 g/mol. The maximum atomic E-state index is 9.13. The third-order valence-corrected chi connectivity index (χ3v) is 0.167. The van der Waals surface area contributed by atoms with E-state index in [1.54, 1.807) is 0 Å². The van der Waals surface area contributed by atoms with Crippen LogP contribution in [0.2, 0.25) is 0 Å². The molecule has 0 heterocycles. The van der Waals surface area contributed by atoms with Crippen molar-refractivity contribution in [2.45, 2.75) is 0 Å². The van der Waals surface area contributed by atoms with Crippen molar-refractivity contribution in [1.82, 2.24) is 0 Å². The molecule has 4 N–H and O–H groups in total. The van der Waals surface area contributed by atoms with E-state index in [1.807, 2.05) is 0 Å². The van der Waals surface area contributed by atoms with Gasteiger partial charge in [0.15, 0.2) is 0 Å². The van der Waals surface area contributed by atoms with Gasteiger partial charge in [-0.15, -0.1) is 0 Å². The number of carbonyl (C=O) groups is 1. The molecule has 0 aromatic carbocycles. The normalized spacial score (nSPS) is 5.29. The van der Waals surface area contributed by atoms with Gasteiger partial charge < -0.3 is 21.1 Å². The van der Waals surface area contributed by atoms with Gasteiger partial charge in [-0.1, -0.05) is 0 Å². The van der Waals surface area contributed by atoms with Gasteiger partial charge in [0, 0.05) is 6.54 Å². The molecule has 7 heavy (non-hydrogen) atoms. The van der Waals surface area contributed by atoms with Crippen LogP contribution < -0.4 is 10.8 Å². The summed E-state index contributed by atoms with van der Waals surface area (Å²) < 4.78 is 0. The third-order valence-electron chi connectivity index (χ3n) is 0.167. The van der Waals surface area contributed by atoms with Crippen molar-refractivity contribution in [2.24, 2.45) is 5.73 Å². The first-order chi connectivity index (χ1) is 2.27. The van der Waals surface area contributed by atoms with E-state index >= 15 is 0 Å². The van der Waals surface area contributed by atoms with E-state index in [2.05, 4.69) is 5.73 Å². The van der Waals surface area contributed by atoms with Crippen LogP contribution in [0.4, 0.5) is 0 Å². The van der Waals surface area contributed by atoms with E-state index in [1.165, 1.54) is 0 Å². The van der Waals surface area contributed by atoms with Gasteiger partial charge in [-0.25, -0.2) is 0 Å². The fourth-order valence-corrected chi connectivity index (χ4v) is 0. The predicted octanol–water partition coefficient (Wildman–Crippen LogP) is -3.13. The molecule has 0 aliphatic carbocycles. The maximum absolute atomic E-state index is 9.13. The summed E-state index contributed by atoms with van der Waals surface area (Å²) in [5.41, 5.74) is 4.51. The largest absolute Gasteiger partial charge is 1.00 e. The van der Waals surface area contributed by atoms with Crippen LogP contribution in [0.25, 0.3) is 0 Å². The fourth-order valence-electron chi connectivity index (χ4n) is 0. The Hall–Kier alpha value is -0.0905. The van der Waals surface area contributed by atoms with E-state index in [0.717, 1.165) is 0 Å². The van der Waals surface area contributed by atoms with Gasteiger partial charge in [0.05, 0.1) is 5.97 Å². The number of nitrogens with two attached hydrogens (primary N) is 1. The Balaban J connectivity index is -0.0000000800. The smallest absolute Gasteiger partial charge is 0.549 e. The first kappa shape index (κ1) is 15.8. The number of hydrogen-bond donors (Lipinski definition) is 1. The zero-order valence-corrected chi connectivity index (χ0v) is 4.34. The first-order valence-electron chi connectivity index (χ1n) is 1.17. The van der Waals surface area contributed by atoms with Crippen LogP contribution in [-0.4, -0.2) is 18.0 Å². The van der Waals surface area contributed by atoms with Crippen molar-refractivity contribution in [2.75, 3.05) is 6.54 Å². The Bertz CT molecular complexity index is 48.2. The minimum atomic E-state index is -1.22. The Morgan fingerprint density at radius 1 is 1.71 bits per heavy atom. The van der Waals surface area contributed by atoms with Crippen molar-refractivity contribution in [3.63, 3.8) is 0 Å². The minimum Gasteiger partial charge on any atom is -0.549 e. The van der Waals surface area contributed by atoms with E-state index in [0.29, 0.717) is 0 Å². The quantitative estimate of drug-likeness (QED) is 0.406. The summed E-state index contributed by atoms with van der Waals surface area (Å²) in [6, 6.07) is 0. The molecule has 0 spiro atoms. The molecule has 0 fully saturated rings. The second kappa shape index (κ2) is 9.32. The van der Waals surface area contributed by atoms with Crippen LogP contribution in [0.1, 0.15) is 0 Å². The van der Waals surface area contributed by atoms with Crippen molar-refractivity contribution < 1.29 is 32.4 Å². The average molecular weight is 156 g/mol. The molecule has 0 aliphatic rings. The number of carboxylic acid groups (broad SMARTS) is 1. The Morgan fingerprint density at radius 3 is 1.86 bits per heavy atom. The molecule has 4 nitrogen and oxygen atoms in total. The first-order valence-corrected chi connectivity index (χ1v) is 1.17. The standard InChI is InChI=1S/C2H5NO2.Cu.H2O/c3-1-2(4)5;;/h1,3H2,(H,4,5);;1H2/q;+1;/p-1. The van der Waals surface area contributed by atoms with E-state index in [9.17, 15) is 0 Å². The molecule has 0 amide bonds. The van der Waals surface area contributed by atoms with Gasteiger partial charge in [0.1, 0.15) is 0 Å². The van der Waals surface area contributed by atoms with E-state index in [4.69, 9.17) is 9.90 Å². The fraction of sp³-hybridized carbons (Fsp3) is 0.500. The molecule has 0 atom stereocenters. The molecule has 0 radical (unpaired) electrons. The Labute approximate surface area is 51.5 Å². The van der Waals surface area contributed by atoms with Crippen LogP contribution in [0, 0.1) is 0 Å². The summed E-state index contributed by atoms with van der Waals surface area (Å²) in [5.74, 6) is -1.22. The van der Waals surface area contributed by atoms with Crippen LogP contribution in [-0.2, 0) is 21.9 Å². The van der Waals surface area contributed by atoms with E-state index in [-0.39, 0.29) is 29.1 Å². The summed E-state index contributed by atoms with van der Waals surface area (Å²) in [4.78, 5) is 9.13. The third kappa shape index (κ3) is 24.8. The van der Waals surface area contributed by atoms with Gasteiger partial charge in [0.2, 0.25) is 0 Å². The Kier molecular flexibility index (Phi) is 21.0. The van der Waals surface area contributed by atoms with Gasteiger partial charge in [0.25, 0.3) is 0 Å². The number of rotatable bonds is 1. The molecule has 0 aromatic rings. The number of hydrogen-bond acceptors (Lipinski definition) is 3. The minimum absolute atomic E-state index is 0. The molecule has 0 rings (SSSR count). The maximum Gasteiger partial charge on any atom is 1.00 e. The summed E-state index contributed by atoms with van der Waals surface area (Å²) in [5, 5.41) is 9.13. The van der Waals surface area contributed by atoms with Gasteiger partial charge in [-0.2, -0.15) is 0 Å². The molecule has 48 valence electrons. The average Bonchev–Trinajstić information content (AvgIpc) is 1.38. The number of aliphatic carboxylic acids is 1. The van der Waals surface area contributed by atoms with Crippen molar-refractivity contribution >= 4 is 5.97 Å². The van der Waals surface area contributed by atoms with Gasteiger partial charge in [-0.3, -0.25) is 0 Å².